The summed E-state index contributed by atoms with van der Waals surface area (Å²) in [6.07, 6.45) is 2.62. The number of urea groups is 1. The van der Waals surface area contributed by atoms with Crippen molar-refractivity contribution in [1.82, 2.24) is 10.6 Å². The van der Waals surface area contributed by atoms with Crippen LogP contribution in [0.3, 0.4) is 0 Å². The maximum atomic E-state index is 12.3. The van der Waals surface area contributed by atoms with E-state index in [4.69, 9.17) is 9.15 Å². The first-order valence-electron chi connectivity index (χ1n) is 9.20. The molecule has 3 rings (SSSR count). The number of amides is 3. The lowest BCUT2D eigenvalue weighted by Crippen LogP contribution is -2.47. The quantitative estimate of drug-likeness (QED) is 0.780. The van der Waals surface area contributed by atoms with Gasteiger partial charge in [0, 0.05) is 12.1 Å². The third-order valence-corrected chi connectivity index (χ3v) is 4.66. The second-order valence-corrected chi connectivity index (χ2v) is 6.97. The van der Waals surface area contributed by atoms with E-state index in [9.17, 15) is 19.2 Å². The first kappa shape index (κ1) is 19.6. The van der Waals surface area contributed by atoms with Gasteiger partial charge in [-0.25, -0.2) is 9.59 Å². The molecule has 1 fully saturated rings. The largest absolute Gasteiger partial charge is 0.449 e. The molecule has 0 aliphatic heterocycles. The van der Waals surface area contributed by atoms with Crippen LogP contribution in [0.1, 0.15) is 48.7 Å². The lowest BCUT2D eigenvalue weighted by atomic mass is 10.1. The van der Waals surface area contributed by atoms with Crippen molar-refractivity contribution in [2.24, 2.45) is 0 Å². The van der Waals surface area contributed by atoms with Gasteiger partial charge >= 0.3 is 12.0 Å². The fourth-order valence-electron chi connectivity index (χ4n) is 3.15. The molecule has 1 aliphatic rings. The molecule has 3 amide bonds. The van der Waals surface area contributed by atoms with E-state index in [1.807, 2.05) is 6.92 Å². The Hall–Kier alpha value is -3.16. The fourth-order valence-corrected chi connectivity index (χ4v) is 3.15. The monoisotopic (exact) mass is 386 g/mol. The third-order valence-electron chi connectivity index (χ3n) is 4.66. The summed E-state index contributed by atoms with van der Waals surface area (Å²) < 4.78 is 10.5. The summed E-state index contributed by atoms with van der Waals surface area (Å²) in [6.45, 7) is 3.17. The maximum Gasteiger partial charge on any atom is 0.375 e. The zero-order valence-corrected chi connectivity index (χ0v) is 15.7. The summed E-state index contributed by atoms with van der Waals surface area (Å²) in [4.78, 5) is 48.4. The minimum atomic E-state index is -1.24. The van der Waals surface area contributed by atoms with E-state index >= 15 is 0 Å². The summed E-state index contributed by atoms with van der Waals surface area (Å²) >= 11 is 0. The molecule has 1 saturated carbocycles. The summed E-state index contributed by atoms with van der Waals surface area (Å²) in [5.41, 5.74) is 0.749. The van der Waals surface area contributed by atoms with Gasteiger partial charge in [0.05, 0.1) is 5.39 Å². The van der Waals surface area contributed by atoms with Crippen LogP contribution in [-0.4, -0.2) is 30.1 Å². The van der Waals surface area contributed by atoms with Crippen molar-refractivity contribution in [2.75, 3.05) is 0 Å². The molecule has 148 valence electrons. The zero-order chi connectivity index (χ0) is 20.3. The molecule has 0 bridgehead atoms. The highest BCUT2D eigenvalue weighted by Crippen LogP contribution is 2.17. The molecule has 1 atom stereocenters. The number of fused-ring (bicyclic) bond motifs is 1. The molecule has 28 heavy (non-hydrogen) atoms. The van der Waals surface area contributed by atoms with Crippen molar-refractivity contribution in [3.8, 4) is 0 Å². The smallest absolute Gasteiger partial charge is 0.375 e. The van der Waals surface area contributed by atoms with Crippen LogP contribution in [0.15, 0.2) is 33.5 Å². The van der Waals surface area contributed by atoms with Gasteiger partial charge in [0.15, 0.2) is 11.5 Å². The van der Waals surface area contributed by atoms with Gasteiger partial charge in [-0.2, -0.15) is 0 Å². The molecular formula is C20H22N2O6. The summed E-state index contributed by atoms with van der Waals surface area (Å²) in [5.74, 6) is -2.03. The Kier molecular flexibility index (Phi) is 5.77. The Labute approximate surface area is 161 Å². The number of hydrogen-bond donors (Lipinski definition) is 2. The number of hydrogen-bond acceptors (Lipinski definition) is 6. The maximum absolute atomic E-state index is 12.3. The van der Waals surface area contributed by atoms with Crippen molar-refractivity contribution >= 4 is 28.9 Å². The molecule has 1 aromatic heterocycles. The minimum absolute atomic E-state index is 0.0566. The van der Waals surface area contributed by atoms with Crippen molar-refractivity contribution in [2.45, 2.75) is 51.7 Å². The number of nitrogens with one attached hydrogen (secondary N) is 2. The van der Waals surface area contributed by atoms with E-state index < -0.39 is 24.0 Å². The summed E-state index contributed by atoms with van der Waals surface area (Å²) in [5, 5.41) is 5.22. The Morgan fingerprint density at radius 1 is 1.18 bits per heavy atom. The molecule has 8 heteroatoms. The van der Waals surface area contributed by atoms with Crippen LogP contribution in [0.5, 0.6) is 0 Å². The number of rotatable bonds is 4. The summed E-state index contributed by atoms with van der Waals surface area (Å²) in [7, 11) is 0. The van der Waals surface area contributed by atoms with Gasteiger partial charge in [0.1, 0.15) is 5.58 Å². The lowest BCUT2D eigenvalue weighted by molar-refractivity contribution is -0.128. The van der Waals surface area contributed by atoms with Gasteiger partial charge in [-0.15, -0.1) is 0 Å². The Morgan fingerprint density at radius 2 is 1.89 bits per heavy atom. The van der Waals surface area contributed by atoms with Gasteiger partial charge < -0.3 is 14.5 Å². The highest BCUT2D eigenvalue weighted by atomic mass is 16.6. The molecule has 0 unspecified atom stereocenters. The van der Waals surface area contributed by atoms with E-state index in [0.717, 1.165) is 37.3 Å². The van der Waals surface area contributed by atoms with E-state index in [2.05, 4.69) is 10.6 Å². The highest BCUT2D eigenvalue weighted by Gasteiger charge is 2.24. The minimum Gasteiger partial charge on any atom is -0.449 e. The fraction of sp³-hybridized carbons (Fsp3) is 0.400. The summed E-state index contributed by atoms with van der Waals surface area (Å²) in [6, 6.07) is 5.47. The van der Waals surface area contributed by atoms with Crippen molar-refractivity contribution < 1.29 is 23.5 Å². The van der Waals surface area contributed by atoms with Crippen molar-refractivity contribution in [3.63, 3.8) is 0 Å². The standard InChI is InChI=1S/C20H22N2O6/c1-11-7-8-16-14(9-11)15(23)10-17(28-16)19(25)27-12(2)18(24)22-20(26)21-13-5-3-4-6-13/h7-10,12-13H,3-6H2,1-2H3,(H2,21,22,24,26)/t12-/m1/s1. The molecule has 8 nitrogen and oxygen atoms in total. The van der Waals surface area contributed by atoms with E-state index in [1.165, 1.54) is 6.92 Å². The van der Waals surface area contributed by atoms with Crippen molar-refractivity contribution in [3.05, 3.63) is 45.8 Å². The molecule has 2 aromatic rings. The van der Waals surface area contributed by atoms with E-state index in [-0.39, 0.29) is 22.8 Å². The van der Waals surface area contributed by atoms with Crippen LogP contribution in [0.4, 0.5) is 4.79 Å². The number of ether oxygens (including phenoxy) is 1. The van der Waals surface area contributed by atoms with Crippen LogP contribution in [-0.2, 0) is 9.53 Å². The van der Waals surface area contributed by atoms with Crippen molar-refractivity contribution in [1.29, 1.82) is 0 Å². The number of imide groups is 1. The average Bonchev–Trinajstić information content (AvgIpc) is 3.14. The molecule has 1 aromatic carbocycles. The molecule has 0 radical (unpaired) electrons. The van der Waals surface area contributed by atoms with Crippen LogP contribution in [0.25, 0.3) is 11.0 Å². The molecule has 2 N–H and O–H groups in total. The first-order chi connectivity index (χ1) is 13.3. The predicted octanol–water partition coefficient (Wildman–Crippen LogP) is 2.42. The predicted molar refractivity (Wildman–Crippen MR) is 101 cm³/mol. The number of carbonyl (C=O) groups is 3. The Morgan fingerprint density at radius 3 is 2.61 bits per heavy atom. The van der Waals surface area contributed by atoms with Crippen LogP contribution < -0.4 is 16.1 Å². The second kappa shape index (κ2) is 8.24. The topological polar surface area (TPSA) is 115 Å². The number of carbonyl (C=O) groups excluding carboxylic acids is 3. The Balaban J connectivity index is 1.62. The first-order valence-corrected chi connectivity index (χ1v) is 9.20. The molecular weight excluding hydrogens is 364 g/mol. The molecule has 0 spiro atoms. The molecule has 0 saturated heterocycles. The average molecular weight is 386 g/mol. The van der Waals surface area contributed by atoms with Gasteiger partial charge in [-0.05, 0) is 38.8 Å². The van der Waals surface area contributed by atoms with Gasteiger partial charge in [0.25, 0.3) is 5.91 Å². The number of benzene rings is 1. The van der Waals surface area contributed by atoms with E-state index in [1.54, 1.807) is 18.2 Å². The molecule has 1 heterocycles. The van der Waals surface area contributed by atoms with Gasteiger partial charge in [-0.1, -0.05) is 24.5 Å². The number of esters is 1. The van der Waals surface area contributed by atoms with Gasteiger partial charge in [-0.3, -0.25) is 14.9 Å². The third kappa shape index (κ3) is 4.57. The van der Waals surface area contributed by atoms with Gasteiger partial charge in [0.2, 0.25) is 5.76 Å². The van der Waals surface area contributed by atoms with E-state index in [0.29, 0.717) is 5.39 Å². The van der Waals surface area contributed by atoms with Crippen LogP contribution >= 0.6 is 0 Å². The van der Waals surface area contributed by atoms with Crippen LogP contribution in [0, 0.1) is 6.92 Å². The lowest BCUT2D eigenvalue weighted by Gasteiger charge is -2.15. The number of aryl methyl sites for hydroxylation is 1. The normalized spacial score (nSPS) is 15.2. The van der Waals surface area contributed by atoms with Crippen LogP contribution in [0.2, 0.25) is 0 Å². The zero-order valence-electron chi connectivity index (χ0n) is 15.7. The highest BCUT2D eigenvalue weighted by molar-refractivity contribution is 5.98. The second-order valence-electron chi connectivity index (χ2n) is 6.97. The SMILES string of the molecule is Cc1ccc2oc(C(=O)O[C@H](C)C(=O)NC(=O)NC3CCCC3)cc(=O)c2c1. The Bertz CT molecular complexity index is 974. The molecule has 1 aliphatic carbocycles.